The van der Waals surface area contributed by atoms with Gasteiger partial charge in [0.25, 0.3) is 0 Å². The Hall–Kier alpha value is -0.240. The first kappa shape index (κ1) is 11.3. The molecular formula is C9H16O6. The first-order valence-electron chi connectivity index (χ1n) is 4.89. The zero-order chi connectivity index (χ0) is 11.1. The van der Waals surface area contributed by atoms with Gasteiger partial charge in [-0.1, -0.05) is 0 Å². The van der Waals surface area contributed by atoms with Crippen molar-refractivity contribution < 1.29 is 29.1 Å². The van der Waals surface area contributed by atoms with Crippen LogP contribution in [0.5, 0.6) is 0 Å². The van der Waals surface area contributed by atoms with Crippen LogP contribution in [-0.4, -0.2) is 49.2 Å². The molecule has 0 bridgehead atoms. The Morgan fingerprint density at radius 3 is 2.53 bits per heavy atom. The summed E-state index contributed by atoms with van der Waals surface area (Å²) in [5.41, 5.74) is 0. The molecule has 0 saturated carbocycles. The van der Waals surface area contributed by atoms with E-state index in [-0.39, 0.29) is 18.8 Å². The molecule has 0 radical (unpaired) electrons. The van der Waals surface area contributed by atoms with E-state index in [1.807, 2.05) is 13.8 Å². The number of fused-ring (bicyclic) bond motifs is 1. The highest BCUT2D eigenvalue weighted by atomic mass is 17.2. The van der Waals surface area contributed by atoms with Crippen molar-refractivity contribution in [1.82, 2.24) is 0 Å². The summed E-state index contributed by atoms with van der Waals surface area (Å²) in [7, 11) is 1.39. The third-order valence-electron chi connectivity index (χ3n) is 2.48. The van der Waals surface area contributed by atoms with E-state index in [0.717, 1.165) is 0 Å². The van der Waals surface area contributed by atoms with Crippen LogP contribution < -0.4 is 0 Å². The maximum atomic E-state index is 9.11. The van der Waals surface area contributed by atoms with Gasteiger partial charge in [-0.05, 0) is 13.8 Å². The van der Waals surface area contributed by atoms with Gasteiger partial charge in [-0.2, -0.15) is 0 Å². The van der Waals surface area contributed by atoms with Gasteiger partial charge in [0.15, 0.2) is 5.79 Å². The van der Waals surface area contributed by atoms with E-state index in [9.17, 15) is 0 Å². The second kappa shape index (κ2) is 3.97. The number of hydrogen-bond acceptors (Lipinski definition) is 6. The predicted octanol–water partition coefficient (Wildman–Crippen LogP) is -0.198. The van der Waals surface area contributed by atoms with Crippen LogP contribution >= 0.6 is 0 Å². The van der Waals surface area contributed by atoms with Crippen molar-refractivity contribution in [2.45, 2.75) is 44.2 Å². The third-order valence-corrected chi connectivity index (χ3v) is 2.48. The average molecular weight is 220 g/mol. The maximum Gasteiger partial charge on any atom is 0.220 e. The summed E-state index contributed by atoms with van der Waals surface area (Å²) in [5.74, 6) is -0.679. The van der Waals surface area contributed by atoms with E-state index >= 15 is 0 Å². The molecule has 0 aromatic rings. The molecule has 2 fully saturated rings. The van der Waals surface area contributed by atoms with Crippen molar-refractivity contribution in [2.75, 3.05) is 13.7 Å². The lowest BCUT2D eigenvalue weighted by atomic mass is 10.1. The molecule has 0 aliphatic carbocycles. The Balaban J connectivity index is 2.08. The van der Waals surface area contributed by atoms with Gasteiger partial charge < -0.3 is 19.3 Å². The Morgan fingerprint density at radius 1 is 1.27 bits per heavy atom. The molecule has 6 nitrogen and oxygen atoms in total. The lowest BCUT2D eigenvalue weighted by Crippen LogP contribution is -2.32. The summed E-state index contributed by atoms with van der Waals surface area (Å²) in [6.45, 7) is 3.48. The lowest BCUT2D eigenvalue weighted by Gasteiger charge is -2.22. The van der Waals surface area contributed by atoms with E-state index in [0.29, 0.717) is 0 Å². The van der Waals surface area contributed by atoms with Gasteiger partial charge in [-0.3, -0.25) is 0 Å². The molecule has 0 aromatic carbocycles. The topological polar surface area (TPSA) is 66.4 Å². The SMILES string of the molecule is COOC1O[C@H](CO)[C@H]2OC(C)(C)O[C@@H]12. The minimum absolute atomic E-state index is 0.135. The molecule has 6 heteroatoms. The van der Waals surface area contributed by atoms with Crippen LogP contribution in [0, 0.1) is 0 Å². The Bertz CT molecular complexity index is 231. The molecule has 2 heterocycles. The zero-order valence-electron chi connectivity index (χ0n) is 9.00. The maximum absolute atomic E-state index is 9.11. The van der Waals surface area contributed by atoms with Crippen LogP contribution in [-0.2, 0) is 24.0 Å². The second-order valence-electron chi connectivity index (χ2n) is 4.05. The van der Waals surface area contributed by atoms with Gasteiger partial charge in [0.2, 0.25) is 6.29 Å². The Morgan fingerprint density at radius 2 is 1.93 bits per heavy atom. The van der Waals surface area contributed by atoms with Crippen molar-refractivity contribution in [1.29, 1.82) is 0 Å². The minimum Gasteiger partial charge on any atom is -0.394 e. The summed E-state index contributed by atoms with van der Waals surface area (Å²) in [6, 6.07) is 0. The monoisotopic (exact) mass is 220 g/mol. The molecule has 0 amide bonds. The van der Waals surface area contributed by atoms with Gasteiger partial charge in [0.05, 0.1) is 13.7 Å². The molecular weight excluding hydrogens is 204 g/mol. The number of aliphatic hydroxyl groups is 1. The number of rotatable bonds is 3. The molecule has 1 N–H and O–H groups in total. The van der Waals surface area contributed by atoms with E-state index < -0.39 is 18.2 Å². The molecule has 2 aliphatic heterocycles. The highest BCUT2D eigenvalue weighted by Gasteiger charge is 2.56. The van der Waals surface area contributed by atoms with Gasteiger partial charge >= 0.3 is 0 Å². The quantitative estimate of drug-likeness (QED) is 0.525. The molecule has 2 saturated heterocycles. The first-order chi connectivity index (χ1) is 7.07. The summed E-state index contributed by atoms with van der Waals surface area (Å²) in [6.07, 6.45) is -1.77. The summed E-state index contributed by atoms with van der Waals surface area (Å²) in [4.78, 5) is 9.46. The fraction of sp³-hybridized carbons (Fsp3) is 1.00. The zero-order valence-corrected chi connectivity index (χ0v) is 9.00. The lowest BCUT2D eigenvalue weighted by molar-refractivity contribution is -0.379. The van der Waals surface area contributed by atoms with Crippen LogP contribution in [0.15, 0.2) is 0 Å². The van der Waals surface area contributed by atoms with E-state index in [4.69, 9.17) is 24.2 Å². The second-order valence-corrected chi connectivity index (χ2v) is 4.05. The van der Waals surface area contributed by atoms with Crippen molar-refractivity contribution >= 4 is 0 Å². The molecule has 2 aliphatic rings. The minimum atomic E-state index is -0.679. The van der Waals surface area contributed by atoms with Gasteiger partial charge in [0.1, 0.15) is 18.3 Å². The standard InChI is InChI=1S/C9H16O6/c1-9(2)13-6-5(4-10)12-8(15-11-3)7(6)14-9/h5-8,10H,4H2,1-3H3/t5-,6-,7-,8?/m1/s1. The molecule has 4 atom stereocenters. The first-order valence-corrected chi connectivity index (χ1v) is 4.89. The molecule has 88 valence electrons. The largest absolute Gasteiger partial charge is 0.394 e. The molecule has 2 rings (SSSR count). The van der Waals surface area contributed by atoms with Gasteiger partial charge in [0, 0.05) is 0 Å². The summed E-state index contributed by atoms with van der Waals surface area (Å²) in [5, 5.41) is 9.11. The molecule has 0 spiro atoms. The van der Waals surface area contributed by atoms with Gasteiger partial charge in [-0.15, -0.1) is 0 Å². The third kappa shape index (κ3) is 2.01. The molecule has 15 heavy (non-hydrogen) atoms. The van der Waals surface area contributed by atoms with E-state index in [1.54, 1.807) is 0 Å². The Kier molecular flexibility index (Phi) is 2.98. The highest BCUT2D eigenvalue weighted by Crippen LogP contribution is 2.38. The van der Waals surface area contributed by atoms with Crippen molar-refractivity contribution in [3.05, 3.63) is 0 Å². The van der Waals surface area contributed by atoms with Crippen LogP contribution in [0.1, 0.15) is 13.8 Å². The van der Waals surface area contributed by atoms with E-state index in [1.165, 1.54) is 7.11 Å². The van der Waals surface area contributed by atoms with Crippen LogP contribution in [0.4, 0.5) is 0 Å². The molecule has 0 aromatic heterocycles. The van der Waals surface area contributed by atoms with Gasteiger partial charge in [-0.25, -0.2) is 9.78 Å². The fourth-order valence-electron chi connectivity index (χ4n) is 1.96. The normalized spacial score (nSPS) is 43.2. The number of aliphatic hydroxyl groups excluding tert-OH is 1. The van der Waals surface area contributed by atoms with Crippen LogP contribution in [0.2, 0.25) is 0 Å². The highest BCUT2D eigenvalue weighted by molar-refractivity contribution is 4.94. The smallest absolute Gasteiger partial charge is 0.220 e. The van der Waals surface area contributed by atoms with Crippen LogP contribution in [0.25, 0.3) is 0 Å². The average Bonchev–Trinajstić information content (AvgIpc) is 2.61. The number of ether oxygens (including phenoxy) is 3. The van der Waals surface area contributed by atoms with E-state index in [2.05, 4.69) is 4.89 Å². The van der Waals surface area contributed by atoms with Crippen molar-refractivity contribution in [3.63, 3.8) is 0 Å². The van der Waals surface area contributed by atoms with Crippen LogP contribution in [0.3, 0.4) is 0 Å². The molecule has 1 unspecified atom stereocenters. The number of hydrogen-bond donors (Lipinski definition) is 1. The summed E-state index contributed by atoms with van der Waals surface area (Å²) < 4.78 is 16.6. The van der Waals surface area contributed by atoms with Crippen molar-refractivity contribution in [2.24, 2.45) is 0 Å². The van der Waals surface area contributed by atoms with Crippen molar-refractivity contribution in [3.8, 4) is 0 Å². The predicted molar refractivity (Wildman–Crippen MR) is 47.7 cm³/mol. The summed E-state index contributed by atoms with van der Waals surface area (Å²) >= 11 is 0. The fourth-order valence-corrected chi connectivity index (χ4v) is 1.96. The Labute approximate surface area is 87.9 Å².